The number of halogens is 6. The molecule has 0 unspecified atom stereocenters. The molecule has 0 fully saturated rings. The molecule has 0 radical (unpaired) electrons. The van der Waals surface area contributed by atoms with Gasteiger partial charge in [0.05, 0.1) is 0 Å². The van der Waals surface area contributed by atoms with Gasteiger partial charge in [-0.15, -0.1) is 0 Å². The van der Waals surface area contributed by atoms with Crippen LogP contribution in [0.5, 0.6) is 0 Å². The van der Waals surface area contributed by atoms with Crippen molar-refractivity contribution in [3.63, 3.8) is 0 Å². The zero-order chi connectivity index (χ0) is 13.9. The summed E-state index contributed by atoms with van der Waals surface area (Å²) in [6.07, 6.45) is -11.1. The fourth-order valence-corrected chi connectivity index (χ4v) is 0.751. The van der Waals surface area contributed by atoms with Gasteiger partial charge >= 0.3 is 12.4 Å². The maximum atomic E-state index is 12.3. The molecule has 0 aromatic rings. The molecular formula is C10H12F6O. The van der Waals surface area contributed by atoms with Crippen LogP contribution in [0.2, 0.25) is 0 Å². The van der Waals surface area contributed by atoms with E-state index in [4.69, 9.17) is 0 Å². The van der Waals surface area contributed by atoms with E-state index in [0.717, 1.165) is 0 Å². The molecule has 0 saturated heterocycles. The molecule has 0 rings (SSSR count). The number of ether oxygens (including phenoxy) is 1. The zero-order valence-electron chi connectivity index (χ0n) is 9.46. The SMILES string of the molecule is CC(C)C#CCOC(C)(C(F)(F)F)C(F)(F)F. The van der Waals surface area contributed by atoms with Crippen LogP contribution < -0.4 is 0 Å². The fraction of sp³-hybridized carbons (Fsp3) is 0.800. The molecule has 0 spiro atoms. The van der Waals surface area contributed by atoms with E-state index in [0.29, 0.717) is 0 Å². The van der Waals surface area contributed by atoms with Crippen molar-refractivity contribution in [1.29, 1.82) is 0 Å². The second-order valence-electron chi connectivity index (χ2n) is 3.79. The van der Waals surface area contributed by atoms with Crippen LogP contribution >= 0.6 is 0 Å². The van der Waals surface area contributed by atoms with Crippen molar-refractivity contribution in [1.82, 2.24) is 0 Å². The van der Waals surface area contributed by atoms with Gasteiger partial charge in [0.2, 0.25) is 0 Å². The van der Waals surface area contributed by atoms with E-state index in [-0.39, 0.29) is 12.8 Å². The first kappa shape index (κ1) is 16.1. The first-order chi connectivity index (χ1) is 7.42. The first-order valence-corrected chi connectivity index (χ1v) is 4.67. The second kappa shape index (κ2) is 5.17. The minimum atomic E-state index is -5.54. The summed E-state index contributed by atoms with van der Waals surface area (Å²) in [6.45, 7) is 2.33. The van der Waals surface area contributed by atoms with Crippen LogP contribution in [0.25, 0.3) is 0 Å². The van der Waals surface area contributed by atoms with Crippen LogP contribution in [0.3, 0.4) is 0 Å². The number of hydrogen-bond donors (Lipinski definition) is 0. The molecule has 0 bridgehead atoms. The van der Waals surface area contributed by atoms with Gasteiger partial charge in [0, 0.05) is 5.92 Å². The lowest BCUT2D eigenvalue weighted by molar-refractivity contribution is -0.371. The van der Waals surface area contributed by atoms with Gasteiger partial charge in [0.25, 0.3) is 5.60 Å². The Balaban J connectivity index is 4.85. The molecule has 100 valence electrons. The van der Waals surface area contributed by atoms with Crippen molar-refractivity contribution in [2.75, 3.05) is 6.61 Å². The molecule has 0 aromatic heterocycles. The summed E-state index contributed by atoms with van der Waals surface area (Å²) in [5.74, 6) is 4.37. The zero-order valence-corrected chi connectivity index (χ0v) is 9.46. The van der Waals surface area contributed by atoms with Crippen molar-refractivity contribution in [2.45, 2.75) is 38.7 Å². The van der Waals surface area contributed by atoms with Crippen LogP contribution in [-0.2, 0) is 4.74 Å². The van der Waals surface area contributed by atoms with Crippen molar-refractivity contribution in [3.05, 3.63) is 0 Å². The lowest BCUT2D eigenvalue weighted by Gasteiger charge is -2.32. The summed E-state index contributed by atoms with van der Waals surface area (Å²) >= 11 is 0. The lowest BCUT2D eigenvalue weighted by atomic mass is 10.1. The van der Waals surface area contributed by atoms with Gasteiger partial charge in [-0.25, -0.2) is 0 Å². The smallest absolute Gasteiger partial charge is 0.345 e. The Morgan fingerprint density at radius 1 is 1.00 bits per heavy atom. The average molecular weight is 262 g/mol. The molecule has 0 amide bonds. The number of hydrogen-bond acceptors (Lipinski definition) is 1. The Morgan fingerprint density at radius 3 is 1.71 bits per heavy atom. The summed E-state index contributed by atoms with van der Waals surface area (Å²) in [4.78, 5) is 0. The van der Waals surface area contributed by atoms with Gasteiger partial charge < -0.3 is 4.74 Å². The maximum absolute atomic E-state index is 12.3. The van der Waals surface area contributed by atoms with Crippen LogP contribution in [0, 0.1) is 17.8 Å². The Kier molecular flexibility index (Phi) is 4.90. The van der Waals surface area contributed by atoms with E-state index in [1.54, 1.807) is 13.8 Å². The quantitative estimate of drug-likeness (QED) is 0.546. The van der Waals surface area contributed by atoms with Gasteiger partial charge in [-0.2, -0.15) is 26.3 Å². The highest BCUT2D eigenvalue weighted by atomic mass is 19.4. The molecule has 0 aromatic carbocycles. The van der Waals surface area contributed by atoms with Gasteiger partial charge in [-0.1, -0.05) is 25.7 Å². The van der Waals surface area contributed by atoms with Crippen molar-refractivity contribution in [2.24, 2.45) is 5.92 Å². The normalized spacial score (nSPS) is 13.5. The highest BCUT2D eigenvalue weighted by molar-refractivity contribution is 5.03. The third-order valence-corrected chi connectivity index (χ3v) is 1.91. The fourth-order valence-electron chi connectivity index (χ4n) is 0.751. The summed E-state index contributed by atoms with van der Waals surface area (Å²) in [7, 11) is 0. The Labute approximate surface area is 95.1 Å². The maximum Gasteiger partial charge on any atom is 0.426 e. The largest absolute Gasteiger partial charge is 0.426 e. The number of alkyl halides is 6. The van der Waals surface area contributed by atoms with Crippen molar-refractivity contribution >= 4 is 0 Å². The Hall–Kier alpha value is -0.900. The summed E-state index contributed by atoms with van der Waals surface area (Å²) < 4.78 is 77.6. The van der Waals surface area contributed by atoms with Crippen LogP contribution in [0.4, 0.5) is 26.3 Å². The highest BCUT2D eigenvalue weighted by Crippen LogP contribution is 2.45. The molecule has 1 nitrogen and oxygen atoms in total. The standard InChI is InChI=1S/C10H12F6O/c1-7(2)5-4-6-17-8(3,9(11,12)13)10(14,15)16/h7H,6H2,1-3H3. The summed E-state index contributed by atoms with van der Waals surface area (Å²) in [6, 6.07) is 0. The van der Waals surface area contributed by atoms with Crippen molar-refractivity contribution in [3.8, 4) is 11.8 Å². The molecular weight excluding hydrogens is 250 g/mol. The molecule has 0 aliphatic rings. The third kappa shape index (κ3) is 4.11. The molecule has 0 aliphatic heterocycles. The molecule has 0 aliphatic carbocycles. The van der Waals surface area contributed by atoms with Gasteiger partial charge in [-0.05, 0) is 6.92 Å². The summed E-state index contributed by atoms with van der Waals surface area (Å²) in [5.41, 5.74) is -4.19. The van der Waals surface area contributed by atoms with Crippen molar-refractivity contribution < 1.29 is 31.1 Å². The van der Waals surface area contributed by atoms with E-state index < -0.39 is 24.6 Å². The molecule has 17 heavy (non-hydrogen) atoms. The molecule has 0 saturated carbocycles. The minimum Gasteiger partial charge on any atom is -0.345 e. The predicted molar refractivity (Wildman–Crippen MR) is 49.1 cm³/mol. The minimum absolute atomic E-state index is 0.0515. The topological polar surface area (TPSA) is 9.23 Å². The predicted octanol–water partition coefficient (Wildman–Crippen LogP) is 3.55. The van der Waals surface area contributed by atoms with E-state index >= 15 is 0 Å². The molecule has 0 atom stereocenters. The first-order valence-electron chi connectivity index (χ1n) is 4.67. The monoisotopic (exact) mass is 262 g/mol. The van der Waals surface area contributed by atoms with E-state index in [9.17, 15) is 26.3 Å². The van der Waals surface area contributed by atoms with E-state index in [2.05, 4.69) is 16.6 Å². The van der Waals surface area contributed by atoms with Gasteiger partial charge in [-0.3, -0.25) is 0 Å². The third-order valence-electron chi connectivity index (χ3n) is 1.91. The van der Waals surface area contributed by atoms with Crippen LogP contribution in [0.1, 0.15) is 20.8 Å². The van der Waals surface area contributed by atoms with E-state index in [1.807, 2.05) is 0 Å². The molecule has 0 N–H and O–H groups in total. The van der Waals surface area contributed by atoms with Gasteiger partial charge in [0.1, 0.15) is 6.61 Å². The molecule has 7 heteroatoms. The average Bonchev–Trinajstić information content (AvgIpc) is 2.07. The molecule has 0 heterocycles. The highest BCUT2D eigenvalue weighted by Gasteiger charge is 2.69. The number of rotatable bonds is 2. The second-order valence-corrected chi connectivity index (χ2v) is 3.79. The Morgan fingerprint density at radius 2 is 1.41 bits per heavy atom. The van der Waals surface area contributed by atoms with Crippen LogP contribution in [-0.4, -0.2) is 24.6 Å². The van der Waals surface area contributed by atoms with Crippen LogP contribution in [0.15, 0.2) is 0 Å². The summed E-state index contributed by atoms with van der Waals surface area (Å²) in [5, 5.41) is 0. The van der Waals surface area contributed by atoms with E-state index in [1.165, 1.54) is 0 Å². The van der Waals surface area contributed by atoms with Gasteiger partial charge in [0.15, 0.2) is 0 Å². The Bertz CT molecular complexity index is 289. The lowest BCUT2D eigenvalue weighted by Crippen LogP contribution is -2.56.